The van der Waals surface area contributed by atoms with E-state index in [4.69, 9.17) is 0 Å². The summed E-state index contributed by atoms with van der Waals surface area (Å²) in [7, 11) is 1.85. The predicted octanol–water partition coefficient (Wildman–Crippen LogP) is 2.38. The lowest BCUT2D eigenvalue weighted by molar-refractivity contribution is 0.170. The Morgan fingerprint density at radius 1 is 0.750 bits per heavy atom. The summed E-state index contributed by atoms with van der Waals surface area (Å²) in [5, 5.41) is 0. The van der Waals surface area contributed by atoms with Gasteiger partial charge in [0.25, 0.3) is 0 Å². The van der Waals surface area contributed by atoms with E-state index in [2.05, 4.69) is 64.9 Å². The number of hydrogen-bond acceptors (Lipinski definition) is 4. The van der Waals surface area contributed by atoms with E-state index in [0.717, 1.165) is 0 Å². The summed E-state index contributed by atoms with van der Waals surface area (Å²) in [6.45, 7) is 21.7. The summed E-state index contributed by atoms with van der Waals surface area (Å²) in [6.07, 6.45) is 1.40. The van der Waals surface area contributed by atoms with Crippen LogP contribution >= 0.6 is 0 Å². The summed E-state index contributed by atoms with van der Waals surface area (Å²) in [4.78, 5) is 4.98. The summed E-state index contributed by atoms with van der Waals surface area (Å²) in [5.41, 5.74) is 2.28. The topological polar surface area (TPSA) is 13.0 Å². The predicted molar refractivity (Wildman–Crippen MR) is 112 cm³/mol. The third-order valence-corrected chi connectivity index (χ3v) is 14.1. The molecule has 0 spiro atoms. The Kier molecular flexibility index (Phi) is 7.28. The zero-order chi connectivity index (χ0) is 17.8. The highest BCUT2D eigenvalue weighted by Gasteiger charge is 2.42. The molecule has 0 atom stereocenters. The normalized spacial score (nSPS) is 23.5. The molecule has 4 nitrogen and oxygen atoms in total. The second-order valence-corrected chi connectivity index (χ2v) is 17.9. The molecule has 140 valence electrons. The molecular weight excluding hydrogens is 328 g/mol. The zero-order valence-electron chi connectivity index (χ0n) is 16.9. The van der Waals surface area contributed by atoms with Crippen molar-refractivity contribution in [3.05, 3.63) is 12.3 Å². The van der Waals surface area contributed by atoms with Crippen LogP contribution in [0.3, 0.4) is 0 Å². The standard InChI is InChI=1S/C18H40N4Si2/c1-7-23(4,5)17-8-18-24(6,21-13-9-19(2)10-14-21)22-15-11-20(3)12-16-22/h7H,1,8-18H2,2-6H3. The van der Waals surface area contributed by atoms with Crippen molar-refractivity contribution >= 4 is 16.5 Å². The van der Waals surface area contributed by atoms with Crippen LogP contribution in [0.4, 0.5) is 0 Å². The van der Waals surface area contributed by atoms with Crippen LogP contribution < -0.4 is 0 Å². The zero-order valence-corrected chi connectivity index (χ0v) is 18.9. The highest BCUT2D eigenvalue weighted by atomic mass is 28.3. The van der Waals surface area contributed by atoms with Crippen molar-refractivity contribution < 1.29 is 0 Å². The fourth-order valence-corrected chi connectivity index (χ4v) is 9.93. The van der Waals surface area contributed by atoms with Crippen LogP contribution in [0.25, 0.3) is 0 Å². The van der Waals surface area contributed by atoms with Crippen molar-refractivity contribution in [1.29, 1.82) is 0 Å². The highest BCUT2D eigenvalue weighted by molar-refractivity contribution is 6.82. The van der Waals surface area contributed by atoms with E-state index < -0.39 is 16.5 Å². The van der Waals surface area contributed by atoms with Crippen molar-refractivity contribution in [2.24, 2.45) is 0 Å². The molecular formula is C18H40N4Si2. The second kappa shape index (κ2) is 8.60. The van der Waals surface area contributed by atoms with E-state index in [-0.39, 0.29) is 0 Å². The SMILES string of the molecule is C=C[Si](C)(C)CCC[Si](C)(N1CCN(C)CC1)N1CCN(C)CC1. The average Bonchev–Trinajstić information content (AvgIpc) is 2.55. The number of rotatable bonds is 7. The first kappa shape index (κ1) is 20.3. The van der Waals surface area contributed by atoms with Crippen LogP contribution in [-0.4, -0.2) is 102 Å². The first-order valence-corrected chi connectivity index (χ1v) is 15.7. The van der Waals surface area contributed by atoms with Gasteiger partial charge in [0.05, 0.1) is 8.07 Å². The molecule has 0 amide bonds. The lowest BCUT2D eigenvalue weighted by Gasteiger charge is -2.52. The lowest BCUT2D eigenvalue weighted by Crippen LogP contribution is -2.69. The maximum Gasteiger partial charge on any atom is 0.203 e. The van der Waals surface area contributed by atoms with Gasteiger partial charge in [-0.1, -0.05) is 25.6 Å². The van der Waals surface area contributed by atoms with Crippen molar-refractivity contribution in [3.8, 4) is 0 Å². The van der Waals surface area contributed by atoms with Crippen LogP contribution in [-0.2, 0) is 0 Å². The van der Waals surface area contributed by atoms with Gasteiger partial charge in [0.2, 0.25) is 8.40 Å². The minimum atomic E-state index is -1.52. The van der Waals surface area contributed by atoms with E-state index >= 15 is 0 Å². The summed E-state index contributed by atoms with van der Waals surface area (Å²) in [6, 6.07) is 2.84. The molecule has 0 aliphatic carbocycles. The molecule has 0 aromatic carbocycles. The first-order valence-electron chi connectivity index (χ1n) is 9.78. The van der Waals surface area contributed by atoms with Crippen molar-refractivity contribution in [1.82, 2.24) is 18.9 Å². The van der Waals surface area contributed by atoms with E-state index in [1.807, 2.05) is 0 Å². The largest absolute Gasteiger partial charge is 0.309 e. The average molecular weight is 369 g/mol. The highest BCUT2D eigenvalue weighted by Crippen LogP contribution is 2.28. The number of likely N-dealkylation sites (N-methyl/N-ethyl adjacent to an activating group) is 2. The molecule has 2 rings (SSSR count). The van der Waals surface area contributed by atoms with Crippen LogP contribution in [0.2, 0.25) is 31.7 Å². The second-order valence-electron chi connectivity index (χ2n) is 8.84. The van der Waals surface area contributed by atoms with Gasteiger partial charge in [-0.3, -0.25) is 0 Å². The third kappa shape index (κ3) is 5.25. The summed E-state index contributed by atoms with van der Waals surface area (Å²) in [5.74, 6) is 0. The van der Waals surface area contributed by atoms with Gasteiger partial charge in [0, 0.05) is 52.4 Å². The van der Waals surface area contributed by atoms with Crippen LogP contribution in [0.15, 0.2) is 12.3 Å². The fraction of sp³-hybridized carbons (Fsp3) is 0.889. The van der Waals surface area contributed by atoms with Gasteiger partial charge in [0.15, 0.2) is 0 Å². The minimum Gasteiger partial charge on any atom is -0.309 e. The quantitative estimate of drug-likeness (QED) is 0.640. The van der Waals surface area contributed by atoms with Crippen molar-refractivity contribution in [3.63, 3.8) is 0 Å². The minimum absolute atomic E-state index is 1.17. The Hall–Kier alpha value is 0.0138. The van der Waals surface area contributed by atoms with E-state index in [9.17, 15) is 0 Å². The van der Waals surface area contributed by atoms with Gasteiger partial charge in [-0.25, -0.2) is 0 Å². The Bertz CT molecular complexity index is 378. The molecule has 2 heterocycles. The molecule has 0 aromatic heterocycles. The van der Waals surface area contributed by atoms with Crippen LogP contribution in [0.1, 0.15) is 6.42 Å². The molecule has 0 saturated carbocycles. The molecule has 0 N–H and O–H groups in total. The van der Waals surface area contributed by atoms with Gasteiger partial charge >= 0.3 is 0 Å². The van der Waals surface area contributed by atoms with Crippen molar-refractivity contribution in [2.75, 3.05) is 66.5 Å². The number of piperazine rings is 2. The molecule has 24 heavy (non-hydrogen) atoms. The number of nitrogens with zero attached hydrogens (tertiary/aromatic N) is 4. The van der Waals surface area contributed by atoms with Crippen LogP contribution in [0, 0.1) is 0 Å². The fourth-order valence-electron chi connectivity index (χ4n) is 4.07. The first-order chi connectivity index (χ1) is 11.3. The van der Waals surface area contributed by atoms with Gasteiger partial charge in [-0.2, -0.15) is 0 Å². The van der Waals surface area contributed by atoms with E-state index in [1.54, 1.807) is 0 Å². The molecule has 2 aliphatic heterocycles. The van der Waals surface area contributed by atoms with Gasteiger partial charge in [0.1, 0.15) is 0 Å². The maximum absolute atomic E-state index is 4.09. The molecule has 0 bridgehead atoms. The molecule has 0 aromatic rings. The molecule has 2 aliphatic rings. The summed E-state index contributed by atoms with van der Waals surface area (Å²) >= 11 is 0. The molecule has 2 saturated heterocycles. The Morgan fingerprint density at radius 3 is 1.54 bits per heavy atom. The monoisotopic (exact) mass is 368 g/mol. The lowest BCUT2D eigenvalue weighted by atomic mass is 10.4. The summed E-state index contributed by atoms with van der Waals surface area (Å²) < 4.78 is 5.83. The van der Waals surface area contributed by atoms with Gasteiger partial charge < -0.3 is 18.9 Å². The number of hydrogen-bond donors (Lipinski definition) is 0. The van der Waals surface area contributed by atoms with E-state index in [0.29, 0.717) is 0 Å². The van der Waals surface area contributed by atoms with Gasteiger partial charge in [-0.05, 0) is 26.7 Å². The molecule has 0 radical (unpaired) electrons. The molecule has 6 heteroatoms. The maximum atomic E-state index is 4.09. The van der Waals surface area contributed by atoms with E-state index in [1.165, 1.54) is 70.9 Å². The Morgan fingerprint density at radius 2 is 1.17 bits per heavy atom. The Balaban J connectivity index is 2.04. The Labute approximate surface area is 152 Å². The molecule has 2 fully saturated rings. The third-order valence-electron chi connectivity index (χ3n) is 6.39. The van der Waals surface area contributed by atoms with Crippen molar-refractivity contribution in [2.45, 2.75) is 38.2 Å². The van der Waals surface area contributed by atoms with Gasteiger partial charge in [-0.15, -0.1) is 12.3 Å². The van der Waals surface area contributed by atoms with Crippen LogP contribution in [0.5, 0.6) is 0 Å². The smallest absolute Gasteiger partial charge is 0.203 e. The molecule has 0 unspecified atom stereocenters.